The predicted molar refractivity (Wildman–Crippen MR) is 116 cm³/mol. The average molecular weight is 432 g/mol. The van der Waals surface area contributed by atoms with Crippen LogP contribution >= 0.6 is 11.6 Å². The molecular weight excluding hydrogens is 414 g/mol. The van der Waals surface area contributed by atoms with Crippen molar-refractivity contribution in [1.29, 1.82) is 0 Å². The molecule has 154 valence electrons. The molecule has 0 aromatic heterocycles. The molecule has 1 N–H and O–H groups in total. The fraction of sp³-hybridized carbons (Fsp3) is 0.160. The summed E-state index contributed by atoms with van der Waals surface area (Å²) in [5.41, 5.74) is -1.36. The predicted octanol–water partition coefficient (Wildman–Crippen LogP) is 4.87. The van der Waals surface area contributed by atoms with Gasteiger partial charge < -0.3 is 10.1 Å². The van der Waals surface area contributed by atoms with Gasteiger partial charge in [-0.3, -0.25) is 14.4 Å². The molecule has 0 saturated heterocycles. The number of amides is 1. The maximum absolute atomic E-state index is 13.7. The monoisotopic (exact) mass is 431 g/mol. The molecule has 31 heavy (non-hydrogen) atoms. The van der Waals surface area contributed by atoms with Gasteiger partial charge in [0, 0.05) is 27.8 Å². The van der Waals surface area contributed by atoms with E-state index in [2.05, 4.69) is 5.32 Å². The van der Waals surface area contributed by atoms with Gasteiger partial charge in [0.25, 0.3) is 0 Å². The average Bonchev–Trinajstić information content (AvgIpc) is 3.38. The molecule has 2 aliphatic rings. The fourth-order valence-electron chi connectivity index (χ4n) is 4.91. The van der Waals surface area contributed by atoms with E-state index in [1.165, 1.54) is 0 Å². The fourth-order valence-corrected chi connectivity index (χ4v) is 5.03. The molecule has 0 spiro atoms. The van der Waals surface area contributed by atoms with Gasteiger partial charge in [0.1, 0.15) is 5.75 Å². The Kier molecular flexibility index (Phi) is 4.27. The molecule has 3 unspecified atom stereocenters. The second-order valence-electron chi connectivity index (χ2n) is 8.03. The maximum atomic E-state index is 13.7. The van der Waals surface area contributed by atoms with Crippen molar-refractivity contribution >= 4 is 34.9 Å². The number of nitrogens with one attached hydrogen (secondary N) is 1. The Morgan fingerprint density at radius 3 is 2.29 bits per heavy atom. The van der Waals surface area contributed by atoms with E-state index in [9.17, 15) is 14.4 Å². The smallest absolute Gasteiger partial charge is 0.328 e. The number of Topliss-reactive ketones (excluding diaryl/α,β-unsaturated/α-hetero) is 1. The van der Waals surface area contributed by atoms with Crippen molar-refractivity contribution in [3.63, 3.8) is 0 Å². The van der Waals surface area contributed by atoms with Crippen molar-refractivity contribution in [2.45, 2.75) is 12.8 Å². The van der Waals surface area contributed by atoms with Gasteiger partial charge in [-0.15, -0.1) is 0 Å². The van der Waals surface area contributed by atoms with Crippen LogP contribution in [-0.4, -0.2) is 17.7 Å². The third-order valence-electron chi connectivity index (χ3n) is 6.47. The van der Waals surface area contributed by atoms with Crippen LogP contribution in [0.5, 0.6) is 5.75 Å². The summed E-state index contributed by atoms with van der Waals surface area (Å²) in [6.45, 7) is 1.67. The second-order valence-corrected chi connectivity index (χ2v) is 8.46. The Morgan fingerprint density at radius 1 is 0.935 bits per heavy atom. The number of para-hydroxylation sites is 2. The van der Waals surface area contributed by atoms with Crippen LogP contribution in [0.1, 0.15) is 28.8 Å². The van der Waals surface area contributed by atoms with Crippen molar-refractivity contribution in [2.75, 3.05) is 5.32 Å². The standard InChI is InChI=1S/C25H18ClNO4/c1-24(21(28)15-11-13-16(26)14-12-15)20-18-9-5-6-10-19(18)31-23(30)25(20,24)22(29)27-17-7-3-2-4-8-17/h2-14,20H,1H3,(H,27,29). The molecule has 3 aromatic rings. The zero-order valence-electron chi connectivity index (χ0n) is 16.6. The Bertz CT molecular complexity index is 1220. The lowest BCUT2D eigenvalue weighted by Gasteiger charge is -2.23. The minimum atomic E-state index is -1.66. The van der Waals surface area contributed by atoms with E-state index >= 15 is 0 Å². The van der Waals surface area contributed by atoms with Crippen LogP contribution in [0.25, 0.3) is 0 Å². The molecule has 3 aromatic carbocycles. The van der Waals surface area contributed by atoms with Crippen LogP contribution in [0.3, 0.4) is 0 Å². The zero-order valence-corrected chi connectivity index (χ0v) is 17.3. The van der Waals surface area contributed by atoms with Crippen LogP contribution in [-0.2, 0) is 9.59 Å². The van der Waals surface area contributed by atoms with Crippen molar-refractivity contribution in [3.8, 4) is 5.75 Å². The molecule has 3 atom stereocenters. The summed E-state index contributed by atoms with van der Waals surface area (Å²) in [4.78, 5) is 40.6. The first-order chi connectivity index (χ1) is 14.9. The van der Waals surface area contributed by atoms with Crippen molar-refractivity contribution < 1.29 is 19.1 Å². The van der Waals surface area contributed by atoms with Crippen molar-refractivity contribution in [3.05, 3.63) is 95.0 Å². The van der Waals surface area contributed by atoms with Gasteiger partial charge in [0.05, 0.1) is 5.41 Å². The largest absolute Gasteiger partial charge is 0.425 e. The number of carbonyl (C=O) groups is 3. The summed E-state index contributed by atoms with van der Waals surface area (Å²) in [6, 6.07) is 22.4. The number of carbonyl (C=O) groups excluding carboxylic acids is 3. The summed E-state index contributed by atoms with van der Waals surface area (Å²) in [7, 11) is 0. The van der Waals surface area contributed by atoms with E-state index in [0.717, 1.165) is 0 Å². The molecule has 0 radical (unpaired) electrons. The summed E-state index contributed by atoms with van der Waals surface area (Å²) in [6.07, 6.45) is 0. The van der Waals surface area contributed by atoms with Crippen LogP contribution < -0.4 is 10.1 Å². The molecule has 1 fully saturated rings. The molecule has 1 aliphatic heterocycles. The van der Waals surface area contributed by atoms with Crippen LogP contribution in [0, 0.1) is 10.8 Å². The summed E-state index contributed by atoms with van der Waals surface area (Å²) >= 11 is 5.98. The maximum Gasteiger partial charge on any atom is 0.328 e. The Hall–Kier alpha value is -3.44. The molecule has 5 rings (SSSR count). The van der Waals surface area contributed by atoms with Gasteiger partial charge >= 0.3 is 5.97 Å². The van der Waals surface area contributed by atoms with Gasteiger partial charge in [0.2, 0.25) is 5.91 Å². The minimum Gasteiger partial charge on any atom is -0.425 e. The molecule has 1 heterocycles. The van der Waals surface area contributed by atoms with E-state index in [1.54, 1.807) is 73.7 Å². The first-order valence-electron chi connectivity index (χ1n) is 9.89. The Labute approximate surface area is 184 Å². The second kappa shape index (κ2) is 6.79. The SMILES string of the molecule is CC1(C(=O)c2ccc(Cl)cc2)C2c3ccccc3OC(=O)C21C(=O)Nc1ccccc1. The highest BCUT2D eigenvalue weighted by molar-refractivity contribution is 6.30. The van der Waals surface area contributed by atoms with E-state index in [0.29, 0.717) is 27.6 Å². The van der Waals surface area contributed by atoms with Gasteiger partial charge in [-0.25, -0.2) is 0 Å². The lowest BCUT2D eigenvalue weighted by molar-refractivity contribution is -0.147. The Morgan fingerprint density at radius 2 is 1.58 bits per heavy atom. The van der Waals surface area contributed by atoms with E-state index in [1.807, 2.05) is 12.1 Å². The number of ether oxygens (including phenoxy) is 1. The summed E-state index contributed by atoms with van der Waals surface area (Å²) < 4.78 is 5.58. The van der Waals surface area contributed by atoms with Crippen LogP contribution in [0.15, 0.2) is 78.9 Å². The third-order valence-corrected chi connectivity index (χ3v) is 6.72. The van der Waals surface area contributed by atoms with E-state index < -0.39 is 28.6 Å². The van der Waals surface area contributed by atoms with Crippen molar-refractivity contribution in [2.24, 2.45) is 10.8 Å². The molecule has 1 amide bonds. The molecular formula is C25H18ClNO4. The number of hydrogen-bond donors (Lipinski definition) is 1. The minimum absolute atomic E-state index is 0.300. The van der Waals surface area contributed by atoms with E-state index in [4.69, 9.17) is 16.3 Å². The quantitative estimate of drug-likeness (QED) is 0.277. The normalized spacial score (nSPS) is 25.6. The molecule has 0 bridgehead atoms. The number of anilines is 1. The molecule has 1 aliphatic carbocycles. The van der Waals surface area contributed by atoms with Crippen LogP contribution in [0.4, 0.5) is 5.69 Å². The first-order valence-corrected chi connectivity index (χ1v) is 10.3. The number of benzene rings is 3. The molecule has 1 saturated carbocycles. The lowest BCUT2D eigenvalue weighted by atomic mass is 9.86. The molecule has 6 heteroatoms. The zero-order chi connectivity index (χ0) is 21.8. The van der Waals surface area contributed by atoms with Gasteiger partial charge in [-0.05, 0) is 49.4 Å². The first kappa shape index (κ1) is 19.5. The topological polar surface area (TPSA) is 72.5 Å². The van der Waals surface area contributed by atoms with Crippen molar-refractivity contribution in [1.82, 2.24) is 0 Å². The van der Waals surface area contributed by atoms with Gasteiger partial charge in [-0.2, -0.15) is 0 Å². The number of fused-ring (bicyclic) bond motifs is 3. The number of ketones is 1. The Balaban J connectivity index is 1.64. The molecule has 5 nitrogen and oxygen atoms in total. The highest BCUT2D eigenvalue weighted by atomic mass is 35.5. The third kappa shape index (κ3) is 2.60. The summed E-state index contributed by atoms with van der Waals surface area (Å²) in [5, 5.41) is 3.31. The number of esters is 1. The van der Waals surface area contributed by atoms with Gasteiger partial charge in [-0.1, -0.05) is 48.0 Å². The number of halogens is 1. The van der Waals surface area contributed by atoms with Gasteiger partial charge in [0.15, 0.2) is 11.2 Å². The number of hydrogen-bond acceptors (Lipinski definition) is 4. The lowest BCUT2D eigenvalue weighted by Crippen LogP contribution is -2.42. The highest BCUT2D eigenvalue weighted by Crippen LogP contribution is 2.78. The highest BCUT2D eigenvalue weighted by Gasteiger charge is 2.88. The number of rotatable bonds is 4. The van der Waals surface area contributed by atoms with E-state index in [-0.39, 0.29) is 5.78 Å². The van der Waals surface area contributed by atoms with Crippen LogP contribution in [0.2, 0.25) is 5.02 Å². The summed E-state index contributed by atoms with van der Waals surface area (Å²) in [5.74, 6) is -1.81.